The van der Waals surface area contributed by atoms with Gasteiger partial charge in [0.05, 0.1) is 0 Å². The van der Waals surface area contributed by atoms with Gasteiger partial charge in [-0.2, -0.15) is 0 Å². The van der Waals surface area contributed by atoms with Gasteiger partial charge in [-0.15, -0.1) is 11.4 Å². The summed E-state index contributed by atoms with van der Waals surface area (Å²) in [7, 11) is 0. The summed E-state index contributed by atoms with van der Waals surface area (Å²) in [6.07, 6.45) is 24.2. The molecule has 0 N–H and O–H groups in total. The Kier molecular flexibility index (Phi) is 14.2. The van der Waals surface area contributed by atoms with Crippen molar-refractivity contribution in [2.45, 2.75) is 103 Å². The van der Waals surface area contributed by atoms with E-state index < -0.39 is 0 Å². The largest absolute Gasteiger partial charge is 0.352 e. The molecular weight excluding hydrogens is 525 g/mol. The van der Waals surface area contributed by atoms with Gasteiger partial charge in [-0.25, -0.2) is 0 Å². The van der Waals surface area contributed by atoms with Crippen LogP contribution in [0.2, 0.25) is 0 Å². The zero-order valence-corrected chi connectivity index (χ0v) is 21.1. The second-order valence-corrected chi connectivity index (χ2v) is 6.21. The molecule has 0 radical (unpaired) electrons. The minimum absolute atomic E-state index is 0. The van der Waals surface area contributed by atoms with Crippen molar-refractivity contribution in [2.24, 2.45) is 0 Å². The predicted molar refractivity (Wildman–Crippen MR) is 89.2 cm³/mol. The Balaban J connectivity index is 0.00000441. The van der Waals surface area contributed by atoms with Gasteiger partial charge in [0.25, 0.3) is 0 Å². The number of nitrogens with zero attached hydrogens (tertiary/aromatic N) is 3. The average molecular weight is 559 g/mol. The van der Waals surface area contributed by atoms with Crippen LogP contribution >= 0.6 is 0 Å². The molecule has 0 saturated carbocycles. The van der Waals surface area contributed by atoms with Crippen molar-refractivity contribution < 1.29 is 0 Å². The number of rotatable bonds is 15. The molecular formula is C18H34N3Rf-. The summed E-state index contributed by atoms with van der Waals surface area (Å²) in [6.45, 7) is 3.28. The van der Waals surface area contributed by atoms with Gasteiger partial charge in [0.1, 0.15) is 0 Å². The van der Waals surface area contributed by atoms with Gasteiger partial charge in [-0.1, -0.05) is 90.4 Å². The number of unbranched alkanes of at least 4 members (excludes halogenated alkanes) is 13. The van der Waals surface area contributed by atoms with Crippen LogP contribution in [0.3, 0.4) is 0 Å². The molecule has 0 saturated heterocycles. The van der Waals surface area contributed by atoms with Gasteiger partial charge in [0.15, 0.2) is 0 Å². The fraction of sp³-hybridized carbons (Fsp3) is 0.889. The van der Waals surface area contributed by atoms with Crippen molar-refractivity contribution in [3.63, 3.8) is 0 Å². The maximum absolute atomic E-state index is 3.93. The van der Waals surface area contributed by atoms with Crippen LogP contribution in [-0.2, 0) is 6.54 Å². The third-order valence-corrected chi connectivity index (χ3v) is 4.16. The summed E-state index contributed by atoms with van der Waals surface area (Å²) in [5.74, 6) is 0. The van der Waals surface area contributed by atoms with Gasteiger partial charge in [-0.05, 0) is 6.42 Å². The van der Waals surface area contributed by atoms with E-state index in [0.717, 1.165) is 6.54 Å². The summed E-state index contributed by atoms with van der Waals surface area (Å²) in [6, 6.07) is 0. The number of aryl methyl sites for hydroxylation is 1. The third-order valence-electron chi connectivity index (χ3n) is 4.16. The fourth-order valence-corrected chi connectivity index (χ4v) is 2.78. The number of hydrogen-bond donors (Lipinski definition) is 0. The molecule has 0 spiro atoms. The quantitative estimate of drug-likeness (QED) is 0.208. The SMILES string of the molecule is CCCCCCCCCCCCCCCCn1c[c-]nn1.[Rf]. The second-order valence-electron chi connectivity index (χ2n) is 6.21. The van der Waals surface area contributed by atoms with Crippen LogP contribution in [0.4, 0.5) is 0 Å². The molecule has 0 atom stereocenters. The van der Waals surface area contributed by atoms with E-state index in [-0.39, 0.29) is 0 Å². The monoisotopic (exact) mass is 559 g/mol. The van der Waals surface area contributed by atoms with E-state index in [2.05, 4.69) is 23.4 Å². The Hall–Kier alpha value is -1.86. The third kappa shape index (κ3) is 11.9. The molecule has 0 aliphatic rings. The Labute approximate surface area is 131 Å². The fourth-order valence-electron chi connectivity index (χ4n) is 2.78. The van der Waals surface area contributed by atoms with E-state index in [1.165, 1.54) is 89.9 Å². The zero-order valence-electron chi connectivity index (χ0n) is 14.7. The maximum atomic E-state index is 3.93. The Bertz CT molecular complexity index is 301. The standard InChI is InChI=1S/C18H34N3.Rf/c1-2-3-4-5-6-7-8-9-10-11-12-13-14-15-17-21-18-16-19-20-21;/h18H,2-15,17H2,1H3;/q-1;. The number of aromatic nitrogens is 3. The topological polar surface area (TPSA) is 30.7 Å². The van der Waals surface area contributed by atoms with Gasteiger partial charge in [-0.3, -0.25) is 4.68 Å². The van der Waals surface area contributed by atoms with Crippen LogP contribution < -0.4 is 0 Å². The van der Waals surface area contributed by atoms with Crippen LogP contribution in [-0.4, -0.2) is 15.0 Å². The average Bonchev–Trinajstić information content (AvgIpc) is 3.01. The van der Waals surface area contributed by atoms with Crippen LogP contribution in [0.1, 0.15) is 96.8 Å². The molecule has 3 nitrogen and oxygen atoms in total. The second kappa shape index (κ2) is 15.5. The van der Waals surface area contributed by atoms with Gasteiger partial charge in [0.2, 0.25) is 0 Å². The van der Waals surface area contributed by atoms with Crippen molar-refractivity contribution in [3.05, 3.63) is 12.4 Å². The first-order valence-corrected chi connectivity index (χ1v) is 9.19. The molecule has 4 heteroatoms. The number of hydrogen-bond acceptors (Lipinski definition) is 2. The van der Waals surface area contributed by atoms with Crippen molar-refractivity contribution in [2.75, 3.05) is 0 Å². The first-order chi connectivity index (χ1) is 10.4. The molecule has 1 rings (SSSR count). The van der Waals surface area contributed by atoms with E-state index >= 15 is 0 Å². The molecule has 1 aromatic rings. The summed E-state index contributed by atoms with van der Waals surface area (Å²) in [5, 5.41) is 7.62. The molecule has 0 unspecified atom stereocenters. The maximum Gasteiger partial charge on any atom is 0.0392 e. The molecule has 22 heavy (non-hydrogen) atoms. The summed E-state index contributed by atoms with van der Waals surface area (Å²) in [4.78, 5) is 0. The van der Waals surface area contributed by atoms with E-state index in [1.54, 1.807) is 0 Å². The summed E-state index contributed by atoms with van der Waals surface area (Å²) < 4.78 is 1.88. The minimum Gasteiger partial charge on any atom is -0.352 e. The van der Waals surface area contributed by atoms with Crippen molar-refractivity contribution in [3.8, 4) is 0 Å². The van der Waals surface area contributed by atoms with Crippen molar-refractivity contribution in [1.29, 1.82) is 0 Å². The van der Waals surface area contributed by atoms with E-state index in [4.69, 9.17) is 0 Å². The molecule has 0 bridgehead atoms. The molecule has 0 fully saturated rings. The molecule has 0 amide bonds. The van der Waals surface area contributed by atoms with Crippen LogP contribution in [0.5, 0.6) is 0 Å². The molecule has 0 aliphatic carbocycles. The van der Waals surface area contributed by atoms with E-state index in [0.29, 0.717) is 0 Å². The molecule has 1 heterocycles. The van der Waals surface area contributed by atoms with Crippen molar-refractivity contribution in [1.82, 2.24) is 15.0 Å². The van der Waals surface area contributed by atoms with Gasteiger partial charge in [0, 0.05) is 6.54 Å². The first-order valence-electron chi connectivity index (χ1n) is 9.19. The Morgan fingerprint density at radius 1 is 0.727 bits per heavy atom. The normalized spacial score (nSPS) is 10.6. The predicted octanol–water partition coefficient (Wildman–Crippen LogP) is 5.56. The minimum atomic E-state index is 0. The Morgan fingerprint density at radius 2 is 1.18 bits per heavy atom. The molecule has 124 valence electrons. The van der Waals surface area contributed by atoms with E-state index in [9.17, 15) is 0 Å². The van der Waals surface area contributed by atoms with Crippen LogP contribution in [0, 0.1) is 6.20 Å². The molecule has 1 aromatic heterocycles. The zero-order chi connectivity index (χ0) is 15.0. The van der Waals surface area contributed by atoms with Crippen molar-refractivity contribution >= 4 is 0 Å². The van der Waals surface area contributed by atoms with Gasteiger partial charge >= 0.3 is 0 Å². The molecule has 0 aliphatic heterocycles. The molecule has 0 aromatic carbocycles. The summed E-state index contributed by atoms with van der Waals surface area (Å²) >= 11 is 0. The van der Waals surface area contributed by atoms with Crippen LogP contribution in [0.25, 0.3) is 0 Å². The summed E-state index contributed by atoms with van der Waals surface area (Å²) in [5.41, 5.74) is 0. The Morgan fingerprint density at radius 3 is 1.59 bits per heavy atom. The smallest absolute Gasteiger partial charge is 0.0392 e. The first kappa shape index (κ1) is 20.1. The van der Waals surface area contributed by atoms with Crippen LogP contribution in [0.15, 0.2) is 6.20 Å². The van der Waals surface area contributed by atoms with Gasteiger partial charge < -0.3 is 11.3 Å². The van der Waals surface area contributed by atoms with E-state index in [1.807, 2.05) is 10.9 Å².